The number of furan rings is 1. The quantitative estimate of drug-likeness (QED) is 0.545. The van der Waals surface area contributed by atoms with Crippen molar-refractivity contribution in [2.75, 3.05) is 45.1 Å². The molecule has 0 radical (unpaired) electrons. The summed E-state index contributed by atoms with van der Waals surface area (Å²) in [5.74, 6) is -0.243. The van der Waals surface area contributed by atoms with Crippen LogP contribution < -0.4 is 10.6 Å². The van der Waals surface area contributed by atoms with E-state index in [1.807, 2.05) is 30.3 Å². The van der Waals surface area contributed by atoms with Gasteiger partial charge >= 0.3 is 0 Å². The van der Waals surface area contributed by atoms with E-state index in [0.29, 0.717) is 10.8 Å². The van der Waals surface area contributed by atoms with Crippen molar-refractivity contribution in [3.8, 4) is 0 Å². The first-order valence-electron chi connectivity index (χ1n) is 10.6. The predicted octanol–water partition coefficient (Wildman–Crippen LogP) is 2.64. The van der Waals surface area contributed by atoms with Gasteiger partial charge in [0, 0.05) is 38.1 Å². The summed E-state index contributed by atoms with van der Waals surface area (Å²) in [6.45, 7) is 4.80. The van der Waals surface area contributed by atoms with Crippen LogP contribution in [-0.2, 0) is 11.2 Å². The molecule has 4 rings (SSSR count). The van der Waals surface area contributed by atoms with Gasteiger partial charge in [0.05, 0.1) is 24.4 Å². The maximum absolute atomic E-state index is 12.8. The number of amides is 2. The average molecular weight is 454 g/mol. The second kappa shape index (κ2) is 10.5. The largest absolute Gasteiger partial charge is 0.459 e. The summed E-state index contributed by atoms with van der Waals surface area (Å²) in [6.07, 6.45) is 1.59. The Kier molecular flexibility index (Phi) is 7.31. The van der Waals surface area contributed by atoms with E-state index < -0.39 is 0 Å². The molecule has 32 heavy (non-hydrogen) atoms. The van der Waals surface area contributed by atoms with E-state index in [-0.39, 0.29) is 30.0 Å². The molecule has 2 aromatic heterocycles. The number of nitrogens with one attached hydrogen (secondary N) is 2. The lowest BCUT2D eigenvalue weighted by Gasteiger charge is -2.35. The first-order valence-corrected chi connectivity index (χ1v) is 11.5. The summed E-state index contributed by atoms with van der Waals surface area (Å²) < 4.78 is 5.09. The van der Waals surface area contributed by atoms with Crippen LogP contribution in [0, 0.1) is 0 Å². The van der Waals surface area contributed by atoms with Crippen molar-refractivity contribution >= 4 is 28.3 Å². The second-order valence-corrected chi connectivity index (χ2v) is 8.74. The first kappa shape index (κ1) is 22.2. The third kappa shape index (κ3) is 6.03. The van der Waals surface area contributed by atoms with E-state index >= 15 is 0 Å². The Balaban J connectivity index is 1.36. The van der Waals surface area contributed by atoms with E-state index in [2.05, 4.69) is 32.5 Å². The minimum atomic E-state index is -0.364. The summed E-state index contributed by atoms with van der Waals surface area (Å²) in [4.78, 5) is 34.0. The molecule has 168 valence electrons. The molecule has 0 aliphatic carbocycles. The second-order valence-electron chi connectivity index (χ2n) is 7.89. The Morgan fingerprint density at radius 2 is 1.91 bits per heavy atom. The number of benzene rings is 1. The van der Waals surface area contributed by atoms with E-state index in [1.54, 1.807) is 17.5 Å². The molecule has 3 heterocycles. The van der Waals surface area contributed by atoms with Crippen molar-refractivity contribution in [2.24, 2.45) is 0 Å². The highest BCUT2D eigenvalue weighted by Gasteiger charge is 2.22. The molecule has 2 amide bonds. The van der Waals surface area contributed by atoms with Gasteiger partial charge < -0.3 is 14.6 Å². The van der Waals surface area contributed by atoms with Gasteiger partial charge in [-0.25, -0.2) is 4.98 Å². The van der Waals surface area contributed by atoms with Crippen LogP contribution in [0.3, 0.4) is 0 Å². The number of likely N-dealkylation sites (N-methyl/N-ethyl adjacent to an activating group) is 1. The van der Waals surface area contributed by atoms with Crippen molar-refractivity contribution in [1.82, 2.24) is 20.1 Å². The molecule has 9 heteroatoms. The summed E-state index contributed by atoms with van der Waals surface area (Å²) in [5, 5.41) is 8.10. The zero-order valence-electron chi connectivity index (χ0n) is 18.0. The summed E-state index contributed by atoms with van der Waals surface area (Å²) in [6, 6.07) is 13.2. The molecule has 3 aromatic rings. The molecule has 1 aliphatic rings. The molecule has 0 saturated carbocycles. The van der Waals surface area contributed by atoms with Crippen LogP contribution >= 0.6 is 11.3 Å². The third-order valence-corrected chi connectivity index (χ3v) is 6.24. The summed E-state index contributed by atoms with van der Waals surface area (Å²) >= 11 is 1.28. The SMILES string of the molecule is CN1CCN(CC(NC(=O)Cc2csc(NC(=O)c3ccco3)n2)c2ccccc2)CC1. The van der Waals surface area contributed by atoms with Crippen molar-refractivity contribution in [2.45, 2.75) is 12.5 Å². The predicted molar refractivity (Wildman–Crippen MR) is 124 cm³/mol. The molecule has 1 aromatic carbocycles. The number of aromatic nitrogens is 1. The Labute approximate surface area is 191 Å². The monoisotopic (exact) mass is 453 g/mol. The minimum Gasteiger partial charge on any atom is -0.459 e. The molecule has 1 saturated heterocycles. The first-order chi connectivity index (χ1) is 15.6. The Morgan fingerprint density at radius 1 is 1.12 bits per heavy atom. The maximum atomic E-state index is 12.8. The van der Waals surface area contributed by atoms with E-state index in [4.69, 9.17) is 4.42 Å². The van der Waals surface area contributed by atoms with Gasteiger partial charge in [-0.2, -0.15) is 0 Å². The highest BCUT2D eigenvalue weighted by atomic mass is 32.1. The number of anilines is 1. The van der Waals surface area contributed by atoms with Crippen molar-refractivity contribution < 1.29 is 14.0 Å². The number of rotatable bonds is 8. The zero-order chi connectivity index (χ0) is 22.3. The zero-order valence-corrected chi connectivity index (χ0v) is 18.8. The average Bonchev–Trinajstić information content (AvgIpc) is 3.48. The van der Waals surface area contributed by atoms with Crippen molar-refractivity contribution in [3.63, 3.8) is 0 Å². The van der Waals surface area contributed by atoms with Crippen LogP contribution in [0.1, 0.15) is 27.9 Å². The number of piperazine rings is 1. The molecular weight excluding hydrogens is 426 g/mol. The Bertz CT molecular complexity index is 1010. The van der Waals surface area contributed by atoms with E-state index in [9.17, 15) is 9.59 Å². The maximum Gasteiger partial charge on any atom is 0.293 e. The van der Waals surface area contributed by atoms with E-state index in [0.717, 1.165) is 38.3 Å². The molecule has 1 unspecified atom stereocenters. The van der Waals surface area contributed by atoms with Crippen molar-refractivity contribution in [3.05, 3.63) is 71.1 Å². The number of carbonyl (C=O) groups excluding carboxylic acids is 2. The molecule has 0 spiro atoms. The lowest BCUT2D eigenvalue weighted by molar-refractivity contribution is -0.121. The molecule has 1 atom stereocenters. The van der Waals surface area contributed by atoms with Crippen LogP contribution in [0.15, 0.2) is 58.5 Å². The number of carbonyl (C=O) groups is 2. The van der Waals surface area contributed by atoms with Gasteiger partial charge in [0.15, 0.2) is 10.9 Å². The molecule has 2 N–H and O–H groups in total. The summed E-state index contributed by atoms with van der Waals surface area (Å²) in [5.41, 5.74) is 1.71. The standard InChI is InChI=1S/C23H27N5O3S/c1-27-9-11-28(12-10-27)15-19(17-6-3-2-4-7-17)25-21(29)14-18-16-32-23(24-18)26-22(30)20-8-5-13-31-20/h2-8,13,16,19H,9-12,14-15H2,1H3,(H,25,29)(H,24,26,30). The normalized spacial score (nSPS) is 15.9. The fourth-order valence-electron chi connectivity index (χ4n) is 3.63. The molecule has 8 nitrogen and oxygen atoms in total. The number of thiazole rings is 1. The molecule has 0 bridgehead atoms. The van der Waals surface area contributed by atoms with Gasteiger partial charge in [0.25, 0.3) is 5.91 Å². The van der Waals surface area contributed by atoms with Crippen LogP contribution in [0.4, 0.5) is 5.13 Å². The van der Waals surface area contributed by atoms with Crippen LogP contribution in [0.5, 0.6) is 0 Å². The lowest BCUT2D eigenvalue weighted by atomic mass is 10.1. The molecular formula is C23H27N5O3S. The van der Waals surface area contributed by atoms with Gasteiger partial charge in [0.1, 0.15) is 0 Å². The minimum absolute atomic E-state index is 0.0936. The highest BCUT2D eigenvalue weighted by molar-refractivity contribution is 7.14. The van der Waals surface area contributed by atoms with Crippen molar-refractivity contribution in [1.29, 1.82) is 0 Å². The highest BCUT2D eigenvalue weighted by Crippen LogP contribution is 2.19. The van der Waals surface area contributed by atoms with Crippen LogP contribution in [0.25, 0.3) is 0 Å². The van der Waals surface area contributed by atoms with Gasteiger partial charge in [-0.05, 0) is 24.7 Å². The van der Waals surface area contributed by atoms with E-state index in [1.165, 1.54) is 17.6 Å². The molecule has 1 fully saturated rings. The smallest absolute Gasteiger partial charge is 0.293 e. The fraction of sp³-hybridized carbons (Fsp3) is 0.348. The van der Waals surface area contributed by atoms with Gasteiger partial charge in [0.2, 0.25) is 5.91 Å². The van der Waals surface area contributed by atoms with Crippen LogP contribution in [-0.4, -0.2) is 66.4 Å². The number of hydrogen-bond donors (Lipinski definition) is 2. The van der Waals surface area contributed by atoms with Gasteiger partial charge in [-0.3, -0.25) is 19.8 Å². The third-order valence-electron chi connectivity index (χ3n) is 5.43. The lowest BCUT2D eigenvalue weighted by Crippen LogP contribution is -2.48. The fourth-order valence-corrected chi connectivity index (χ4v) is 4.34. The Hall–Kier alpha value is -3.01. The van der Waals surface area contributed by atoms with Gasteiger partial charge in [-0.1, -0.05) is 30.3 Å². The Morgan fingerprint density at radius 3 is 2.62 bits per heavy atom. The van der Waals surface area contributed by atoms with Crippen LogP contribution in [0.2, 0.25) is 0 Å². The molecule has 1 aliphatic heterocycles. The van der Waals surface area contributed by atoms with Gasteiger partial charge in [-0.15, -0.1) is 11.3 Å². The summed E-state index contributed by atoms with van der Waals surface area (Å²) in [7, 11) is 2.13. The number of nitrogens with zero attached hydrogens (tertiary/aromatic N) is 3. The number of hydrogen-bond acceptors (Lipinski definition) is 7. The topological polar surface area (TPSA) is 90.7 Å².